The molecular weight excluding hydrogens is 456 g/mol. The Balaban J connectivity index is 1.29. The molecule has 1 amide bonds. The second kappa shape index (κ2) is 12.0. The molecule has 0 aliphatic rings. The molecule has 4 aromatic carbocycles. The zero-order valence-corrected chi connectivity index (χ0v) is 19.6. The summed E-state index contributed by atoms with van der Waals surface area (Å²) in [7, 11) is 1.56. The van der Waals surface area contributed by atoms with E-state index in [9.17, 15) is 9.59 Å². The van der Waals surface area contributed by atoms with Gasteiger partial charge in [-0.3, -0.25) is 4.79 Å². The molecule has 1 N–H and O–H groups in total. The number of nitrogens with zero attached hydrogens (tertiary/aromatic N) is 1. The van der Waals surface area contributed by atoms with E-state index in [0.29, 0.717) is 40.5 Å². The third-order valence-corrected chi connectivity index (χ3v) is 5.14. The van der Waals surface area contributed by atoms with Crippen molar-refractivity contribution in [3.8, 4) is 17.2 Å². The lowest BCUT2D eigenvalue weighted by atomic mass is 10.2. The van der Waals surface area contributed by atoms with E-state index in [-0.39, 0.29) is 5.91 Å². The fourth-order valence-electron chi connectivity index (χ4n) is 3.22. The molecule has 0 fully saturated rings. The number of ether oxygens (including phenoxy) is 3. The van der Waals surface area contributed by atoms with Crippen molar-refractivity contribution in [2.24, 2.45) is 5.10 Å². The quantitative estimate of drug-likeness (QED) is 0.153. The summed E-state index contributed by atoms with van der Waals surface area (Å²) in [5.41, 5.74) is 5.05. The third kappa shape index (κ3) is 6.80. The van der Waals surface area contributed by atoms with Crippen molar-refractivity contribution < 1.29 is 23.8 Å². The Bertz CT molecular complexity index is 1330. The van der Waals surface area contributed by atoms with Crippen LogP contribution in [0.15, 0.2) is 108 Å². The lowest BCUT2D eigenvalue weighted by Crippen LogP contribution is -2.17. The SMILES string of the molecule is COc1ccc(C(=O)Oc2cccc(/C=N/NC(=O)c3ccc(OCc4ccccc4)cc3)c2)cc1. The van der Waals surface area contributed by atoms with Gasteiger partial charge in [0, 0.05) is 5.56 Å². The Morgan fingerprint density at radius 2 is 1.47 bits per heavy atom. The highest BCUT2D eigenvalue weighted by atomic mass is 16.5. The first-order chi connectivity index (χ1) is 17.6. The van der Waals surface area contributed by atoms with Crippen molar-refractivity contribution in [3.05, 3.63) is 125 Å². The maximum atomic E-state index is 12.4. The van der Waals surface area contributed by atoms with Crippen LogP contribution in [0.2, 0.25) is 0 Å². The normalized spacial score (nSPS) is 10.6. The second-order valence-corrected chi connectivity index (χ2v) is 7.69. The van der Waals surface area contributed by atoms with Gasteiger partial charge in [-0.15, -0.1) is 0 Å². The molecule has 0 unspecified atom stereocenters. The zero-order chi connectivity index (χ0) is 25.2. The van der Waals surface area contributed by atoms with Crippen molar-refractivity contribution >= 4 is 18.1 Å². The molecule has 0 aliphatic heterocycles. The molecular formula is C29H24N2O5. The number of esters is 1. The number of nitrogens with one attached hydrogen (secondary N) is 1. The van der Waals surface area contributed by atoms with Crippen LogP contribution in [-0.2, 0) is 6.61 Å². The average Bonchev–Trinajstić information content (AvgIpc) is 2.93. The Labute approximate surface area is 209 Å². The summed E-state index contributed by atoms with van der Waals surface area (Å²) in [6.07, 6.45) is 1.47. The molecule has 0 atom stereocenters. The summed E-state index contributed by atoms with van der Waals surface area (Å²) >= 11 is 0. The van der Waals surface area contributed by atoms with Crippen LogP contribution < -0.4 is 19.6 Å². The van der Waals surface area contributed by atoms with Crippen molar-refractivity contribution in [1.29, 1.82) is 0 Å². The Kier molecular flexibility index (Phi) is 8.07. The van der Waals surface area contributed by atoms with Gasteiger partial charge in [-0.2, -0.15) is 5.10 Å². The van der Waals surface area contributed by atoms with E-state index in [1.165, 1.54) is 6.21 Å². The number of methoxy groups -OCH3 is 1. The third-order valence-electron chi connectivity index (χ3n) is 5.14. The van der Waals surface area contributed by atoms with Crippen LogP contribution in [0.1, 0.15) is 31.8 Å². The summed E-state index contributed by atoms with van der Waals surface area (Å²) in [5, 5.41) is 4.00. The number of carbonyl (C=O) groups excluding carboxylic acids is 2. The van der Waals surface area contributed by atoms with Gasteiger partial charge in [0.15, 0.2) is 0 Å². The molecule has 0 heterocycles. The van der Waals surface area contributed by atoms with Gasteiger partial charge in [0.1, 0.15) is 23.9 Å². The van der Waals surface area contributed by atoms with Crippen LogP contribution in [0.5, 0.6) is 17.2 Å². The Morgan fingerprint density at radius 3 is 2.19 bits per heavy atom. The minimum atomic E-state index is -0.490. The van der Waals surface area contributed by atoms with Crippen LogP contribution in [0.3, 0.4) is 0 Å². The summed E-state index contributed by atoms with van der Waals surface area (Å²) in [5.74, 6) is 0.829. The molecule has 180 valence electrons. The van der Waals surface area contributed by atoms with E-state index in [0.717, 1.165) is 5.56 Å². The van der Waals surface area contributed by atoms with E-state index in [4.69, 9.17) is 14.2 Å². The number of hydrogen-bond acceptors (Lipinski definition) is 6. The van der Waals surface area contributed by atoms with Crippen molar-refractivity contribution in [1.82, 2.24) is 5.43 Å². The standard InChI is InChI=1S/C29H24N2O5/c1-34-25-14-12-24(13-15-25)29(33)36-27-9-5-8-22(18-27)19-30-31-28(32)23-10-16-26(17-11-23)35-20-21-6-3-2-4-7-21/h2-19H,20H2,1H3,(H,31,32)/b30-19+. The maximum absolute atomic E-state index is 12.4. The van der Waals surface area contributed by atoms with Crippen molar-refractivity contribution in [2.45, 2.75) is 6.61 Å². The van der Waals surface area contributed by atoms with Gasteiger partial charge >= 0.3 is 5.97 Å². The van der Waals surface area contributed by atoms with E-state index in [2.05, 4.69) is 10.5 Å². The fraction of sp³-hybridized carbons (Fsp3) is 0.0690. The first kappa shape index (κ1) is 24.2. The fourth-order valence-corrected chi connectivity index (χ4v) is 3.22. The number of amides is 1. The summed E-state index contributed by atoms with van der Waals surface area (Å²) < 4.78 is 16.3. The van der Waals surface area contributed by atoms with Crippen molar-refractivity contribution in [2.75, 3.05) is 7.11 Å². The second-order valence-electron chi connectivity index (χ2n) is 7.69. The first-order valence-electron chi connectivity index (χ1n) is 11.2. The molecule has 4 aromatic rings. The van der Waals surface area contributed by atoms with Crippen LogP contribution in [0.4, 0.5) is 0 Å². The zero-order valence-electron chi connectivity index (χ0n) is 19.6. The molecule has 7 heteroatoms. The highest BCUT2D eigenvalue weighted by Crippen LogP contribution is 2.17. The summed E-state index contributed by atoms with van der Waals surface area (Å²) in [4.78, 5) is 24.8. The maximum Gasteiger partial charge on any atom is 0.343 e. The lowest BCUT2D eigenvalue weighted by Gasteiger charge is -2.07. The smallest absolute Gasteiger partial charge is 0.343 e. The Morgan fingerprint density at radius 1 is 0.778 bits per heavy atom. The molecule has 4 rings (SSSR count). The van der Waals surface area contributed by atoms with Crippen LogP contribution in [0.25, 0.3) is 0 Å². The number of benzene rings is 4. The molecule has 0 saturated heterocycles. The molecule has 0 saturated carbocycles. The largest absolute Gasteiger partial charge is 0.497 e. The van der Waals surface area contributed by atoms with E-state index >= 15 is 0 Å². The number of carbonyl (C=O) groups is 2. The average molecular weight is 481 g/mol. The number of rotatable bonds is 9. The minimum absolute atomic E-state index is 0.358. The van der Waals surface area contributed by atoms with Gasteiger partial charge in [0.2, 0.25) is 0 Å². The summed E-state index contributed by atoms with van der Waals surface area (Å²) in [6.45, 7) is 0.450. The molecule has 0 aliphatic carbocycles. The molecule has 36 heavy (non-hydrogen) atoms. The monoisotopic (exact) mass is 480 g/mol. The topological polar surface area (TPSA) is 86.2 Å². The van der Waals surface area contributed by atoms with Crippen LogP contribution in [0, 0.1) is 0 Å². The van der Waals surface area contributed by atoms with Gasteiger partial charge in [-0.25, -0.2) is 10.2 Å². The minimum Gasteiger partial charge on any atom is -0.497 e. The summed E-state index contributed by atoms with van der Waals surface area (Å²) in [6, 6.07) is 30.1. The predicted octanol–water partition coefficient (Wildman–Crippen LogP) is 5.26. The molecule has 0 radical (unpaired) electrons. The van der Waals surface area contributed by atoms with Gasteiger partial charge in [0.05, 0.1) is 18.9 Å². The number of hydrogen-bond donors (Lipinski definition) is 1. The van der Waals surface area contributed by atoms with E-state index < -0.39 is 5.97 Å². The highest BCUT2D eigenvalue weighted by molar-refractivity contribution is 5.95. The van der Waals surface area contributed by atoms with Gasteiger partial charge in [-0.1, -0.05) is 42.5 Å². The Hall–Kier alpha value is -4.91. The van der Waals surface area contributed by atoms with E-state index in [1.807, 2.05) is 30.3 Å². The van der Waals surface area contributed by atoms with Gasteiger partial charge in [0.25, 0.3) is 5.91 Å². The highest BCUT2D eigenvalue weighted by Gasteiger charge is 2.09. The van der Waals surface area contributed by atoms with Crippen LogP contribution in [-0.4, -0.2) is 25.2 Å². The van der Waals surface area contributed by atoms with Gasteiger partial charge < -0.3 is 14.2 Å². The molecule has 0 spiro atoms. The molecule has 0 bridgehead atoms. The van der Waals surface area contributed by atoms with E-state index in [1.54, 1.807) is 79.9 Å². The van der Waals surface area contributed by atoms with Crippen molar-refractivity contribution in [3.63, 3.8) is 0 Å². The van der Waals surface area contributed by atoms with Crippen LogP contribution >= 0.6 is 0 Å². The first-order valence-corrected chi connectivity index (χ1v) is 11.2. The molecule has 0 aromatic heterocycles. The molecule has 7 nitrogen and oxygen atoms in total. The predicted molar refractivity (Wildman–Crippen MR) is 137 cm³/mol. The number of hydrazone groups is 1. The van der Waals surface area contributed by atoms with Gasteiger partial charge in [-0.05, 0) is 71.8 Å². The lowest BCUT2D eigenvalue weighted by molar-refractivity contribution is 0.0734.